The summed E-state index contributed by atoms with van der Waals surface area (Å²) in [5, 5.41) is 5.94. The maximum Gasteiger partial charge on any atom is 0.0519 e. The second-order valence-electron chi connectivity index (χ2n) is 5.39. The van der Waals surface area contributed by atoms with Crippen molar-refractivity contribution in [1.82, 2.24) is 14.9 Å². The lowest BCUT2D eigenvalue weighted by molar-refractivity contribution is 0.589. The summed E-state index contributed by atoms with van der Waals surface area (Å²) in [6.07, 6.45) is 3.83. The van der Waals surface area contributed by atoms with Crippen LogP contribution in [0.5, 0.6) is 0 Å². The smallest absolute Gasteiger partial charge is 0.0519 e. The molecule has 20 heavy (non-hydrogen) atoms. The SMILES string of the molecule is Cn1c2ccncc2c2cc(N3CCNCC3)ccc21. The van der Waals surface area contributed by atoms with Gasteiger partial charge in [0.25, 0.3) is 0 Å². The first-order valence-electron chi connectivity index (χ1n) is 7.12. The fraction of sp³-hybridized carbons (Fsp3) is 0.312. The molecule has 4 rings (SSSR count). The third kappa shape index (κ3) is 1.68. The molecule has 1 saturated heterocycles. The maximum atomic E-state index is 4.28. The van der Waals surface area contributed by atoms with E-state index in [0.29, 0.717) is 0 Å². The molecule has 1 aliphatic rings. The van der Waals surface area contributed by atoms with Gasteiger partial charge in [0.1, 0.15) is 0 Å². The maximum absolute atomic E-state index is 4.28. The summed E-state index contributed by atoms with van der Waals surface area (Å²) in [7, 11) is 2.12. The number of benzene rings is 1. The Morgan fingerprint density at radius 2 is 1.85 bits per heavy atom. The van der Waals surface area contributed by atoms with Crippen LogP contribution in [0.15, 0.2) is 36.7 Å². The van der Waals surface area contributed by atoms with Gasteiger partial charge in [0.2, 0.25) is 0 Å². The number of nitrogens with zero attached hydrogens (tertiary/aromatic N) is 3. The van der Waals surface area contributed by atoms with Crippen LogP contribution in [0.25, 0.3) is 21.8 Å². The topological polar surface area (TPSA) is 33.1 Å². The molecular formula is C16H18N4. The third-order valence-electron chi connectivity index (χ3n) is 4.27. The van der Waals surface area contributed by atoms with Crippen molar-refractivity contribution in [3.05, 3.63) is 36.7 Å². The van der Waals surface area contributed by atoms with Crippen LogP contribution in [0.2, 0.25) is 0 Å². The summed E-state index contributed by atoms with van der Waals surface area (Å²) in [6.45, 7) is 4.29. The normalized spacial score (nSPS) is 16.1. The molecule has 1 aliphatic heterocycles. The Hall–Kier alpha value is -2.07. The molecule has 1 N–H and O–H groups in total. The molecule has 4 nitrogen and oxygen atoms in total. The van der Waals surface area contributed by atoms with E-state index < -0.39 is 0 Å². The number of hydrogen-bond donors (Lipinski definition) is 1. The van der Waals surface area contributed by atoms with E-state index in [0.717, 1.165) is 26.2 Å². The van der Waals surface area contributed by atoms with Crippen LogP contribution in [0.4, 0.5) is 5.69 Å². The number of aryl methyl sites for hydroxylation is 1. The molecule has 0 spiro atoms. The van der Waals surface area contributed by atoms with Gasteiger partial charge in [-0.05, 0) is 24.3 Å². The average molecular weight is 266 g/mol. The minimum absolute atomic E-state index is 1.06. The fourth-order valence-corrected chi connectivity index (χ4v) is 3.17. The Labute approximate surface area is 118 Å². The van der Waals surface area contributed by atoms with Crippen molar-refractivity contribution < 1.29 is 0 Å². The lowest BCUT2D eigenvalue weighted by Crippen LogP contribution is -2.43. The Balaban J connectivity index is 1.92. The zero-order valence-electron chi connectivity index (χ0n) is 11.6. The molecule has 0 saturated carbocycles. The van der Waals surface area contributed by atoms with Gasteiger partial charge in [0.15, 0.2) is 0 Å². The highest BCUT2D eigenvalue weighted by Gasteiger charge is 2.13. The van der Waals surface area contributed by atoms with E-state index in [2.05, 4.69) is 51.1 Å². The molecule has 102 valence electrons. The monoisotopic (exact) mass is 266 g/mol. The average Bonchev–Trinajstić information content (AvgIpc) is 2.81. The zero-order valence-corrected chi connectivity index (χ0v) is 11.6. The number of aromatic nitrogens is 2. The second kappa shape index (κ2) is 4.49. The first-order chi connectivity index (χ1) is 9.84. The number of anilines is 1. The van der Waals surface area contributed by atoms with Crippen molar-refractivity contribution in [2.75, 3.05) is 31.1 Å². The Bertz CT molecular complexity index is 769. The first-order valence-corrected chi connectivity index (χ1v) is 7.12. The van der Waals surface area contributed by atoms with E-state index in [1.54, 1.807) is 0 Å². The highest BCUT2D eigenvalue weighted by atomic mass is 15.2. The van der Waals surface area contributed by atoms with Crippen molar-refractivity contribution >= 4 is 27.5 Å². The van der Waals surface area contributed by atoms with Crippen molar-refractivity contribution in [1.29, 1.82) is 0 Å². The minimum atomic E-state index is 1.06. The van der Waals surface area contributed by atoms with E-state index in [1.807, 2.05) is 12.4 Å². The fourth-order valence-electron chi connectivity index (χ4n) is 3.17. The van der Waals surface area contributed by atoms with E-state index in [1.165, 1.54) is 27.5 Å². The van der Waals surface area contributed by atoms with Crippen molar-refractivity contribution in [2.45, 2.75) is 0 Å². The number of hydrogen-bond acceptors (Lipinski definition) is 3. The molecule has 3 heterocycles. The number of nitrogens with one attached hydrogen (secondary N) is 1. The second-order valence-corrected chi connectivity index (χ2v) is 5.39. The Morgan fingerprint density at radius 1 is 1.05 bits per heavy atom. The number of fused-ring (bicyclic) bond motifs is 3. The van der Waals surface area contributed by atoms with Crippen LogP contribution < -0.4 is 10.2 Å². The Morgan fingerprint density at radius 3 is 2.70 bits per heavy atom. The molecule has 0 amide bonds. The molecule has 0 bridgehead atoms. The summed E-state index contributed by atoms with van der Waals surface area (Å²) in [5.74, 6) is 0. The summed E-state index contributed by atoms with van der Waals surface area (Å²) in [4.78, 5) is 6.73. The van der Waals surface area contributed by atoms with E-state index in [-0.39, 0.29) is 0 Å². The van der Waals surface area contributed by atoms with E-state index in [9.17, 15) is 0 Å². The van der Waals surface area contributed by atoms with Crippen LogP contribution in [0, 0.1) is 0 Å². The largest absolute Gasteiger partial charge is 0.369 e. The standard InChI is InChI=1S/C16H18N4/c1-19-15-3-2-12(20-8-6-17-7-9-20)10-13(15)14-11-18-5-4-16(14)19/h2-5,10-11,17H,6-9H2,1H3. The van der Waals surface area contributed by atoms with Crippen LogP contribution in [-0.4, -0.2) is 35.7 Å². The van der Waals surface area contributed by atoms with Gasteiger partial charge in [0, 0.05) is 67.6 Å². The van der Waals surface area contributed by atoms with Crippen molar-refractivity contribution in [3.63, 3.8) is 0 Å². The van der Waals surface area contributed by atoms with E-state index in [4.69, 9.17) is 0 Å². The van der Waals surface area contributed by atoms with Gasteiger partial charge in [-0.2, -0.15) is 0 Å². The summed E-state index contributed by atoms with van der Waals surface area (Å²) in [5.41, 5.74) is 3.83. The molecule has 2 aromatic heterocycles. The zero-order chi connectivity index (χ0) is 13.5. The summed E-state index contributed by atoms with van der Waals surface area (Å²) in [6, 6.07) is 8.86. The molecule has 0 atom stereocenters. The van der Waals surface area contributed by atoms with Crippen LogP contribution in [0.3, 0.4) is 0 Å². The first kappa shape index (κ1) is 11.7. The molecule has 4 heteroatoms. The molecule has 0 aliphatic carbocycles. The molecule has 3 aromatic rings. The van der Waals surface area contributed by atoms with Crippen LogP contribution >= 0.6 is 0 Å². The predicted molar refractivity (Wildman–Crippen MR) is 83.3 cm³/mol. The third-order valence-corrected chi connectivity index (χ3v) is 4.27. The molecule has 0 unspecified atom stereocenters. The summed E-state index contributed by atoms with van der Waals surface area (Å²) >= 11 is 0. The van der Waals surface area contributed by atoms with Crippen LogP contribution in [0.1, 0.15) is 0 Å². The van der Waals surface area contributed by atoms with Gasteiger partial charge >= 0.3 is 0 Å². The molecule has 0 radical (unpaired) electrons. The van der Waals surface area contributed by atoms with Crippen molar-refractivity contribution in [3.8, 4) is 0 Å². The van der Waals surface area contributed by atoms with E-state index >= 15 is 0 Å². The number of piperazine rings is 1. The molecule has 1 fully saturated rings. The lowest BCUT2D eigenvalue weighted by atomic mass is 10.1. The molecule has 1 aromatic carbocycles. The van der Waals surface area contributed by atoms with Gasteiger partial charge in [-0.3, -0.25) is 4.98 Å². The Kier molecular flexibility index (Phi) is 2.63. The lowest BCUT2D eigenvalue weighted by Gasteiger charge is -2.29. The predicted octanol–water partition coefficient (Wildman–Crippen LogP) is 2.14. The quantitative estimate of drug-likeness (QED) is 0.732. The van der Waals surface area contributed by atoms with Gasteiger partial charge in [-0.1, -0.05) is 0 Å². The van der Waals surface area contributed by atoms with Crippen LogP contribution in [-0.2, 0) is 7.05 Å². The van der Waals surface area contributed by atoms with Gasteiger partial charge in [-0.25, -0.2) is 0 Å². The van der Waals surface area contributed by atoms with Gasteiger partial charge in [-0.15, -0.1) is 0 Å². The minimum Gasteiger partial charge on any atom is -0.369 e. The molecular weight excluding hydrogens is 248 g/mol. The number of rotatable bonds is 1. The number of pyridine rings is 1. The highest BCUT2D eigenvalue weighted by molar-refractivity contribution is 6.08. The van der Waals surface area contributed by atoms with Crippen molar-refractivity contribution in [2.24, 2.45) is 7.05 Å². The van der Waals surface area contributed by atoms with Gasteiger partial charge < -0.3 is 14.8 Å². The summed E-state index contributed by atoms with van der Waals surface area (Å²) < 4.78 is 2.24. The highest BCUT2D eigenvalue weighted by Crippen LogP contribution is 2.30. The van der Waals surface area contributed by atoms with Gasteiger partial charge in [0.05, 0.1) is 5.52 Å².